The summed E-state index contributed by atoms with van der Waals surface area (Å²) >= 11 is 0. The lowest BCUT2D eigenvalue weighted by Gasteiger charge is -2.30. The van der Waals surface area contributed by atoms with Crippen LogP contribution in [0.2, 0.25) is 0 Å². The molecule has 0 heterocycles. The first-order chi connectivity index (χ1) is 9.55. The highest BCUT2D eigenvalue weighted by atomic mass is 19.4. The van der Waals surface area contributed by atoms with Crippen molar-refractivity contribution >= 4 is 17.5 Å². The Morgan fingerprint density at radius 1 is 1.24 bits per heavy atom. The van der Waals surface area contributed by atoms with Crippen molar-refractivity contribution in [3.63, 3.8) is 0 Å². The predicted molar refractivity (Wildman–Crippen MR) is 71.4 cm³/mol. The SMILES string of the molecule is CN(CC(=O)Nc1ccccc1)C(=O)C(C)(N)C(F)(F)F. The molecule has 1 unspecified atom stereocenters. The number of benzene rings is 1. The summed E-state index contributed by atoms with van der Waals surface area (Å²) in [5.74, 6) is -1.99. The number of amides is 2. The van der Waals surface area contributed by atoms with Crippen LogP contribution in [0.4, 0.5) is 18.9 Å². The van der Waals surface area contributed by atoms with Crippen LogP contribution in [0.1, 0.15) is 6.92 Å². The van der Waals surface area contributed by atoms with E-state index in [1.54, 1.807) is 30.3 Å². The molecule has 0 spiro atoms. The molecule has 2 amide bonds. The number of carbonyl (C=O) groups is 2. The zero-order valence-corrected chi connectivity index (χ0v) is 11.6. The van der Waals surface area contributed by atoms with Crippen molar-refractivity contribution in [1.29, 1.82) is 0 Å². The number of anilines is 1. The zero-order chi connectivity index (χ0) is 16.3. The number of likely N-dealkylation sites (N-methyl/N-ethyl adjacent to an activating group) is 1. The maximum absolute atomic E-state index is 12.7. The van der Waals surface area contributed by atoms with Crippen LogP contribution in [0.5, 0.6) is 0 Å². The Bertz CT molecular complexity index is 515. The van der Waals surface area contributed by atoms with Gasteiger partial charge < -0.3 is 16.0 Å². The van der Waals surface area contributed by atoms with Gasteiger partial charge in [0.15, 0.2) is 5.54 Å². The van der Waals surface area contributed by atoms with Crippen LogP contribution in [-0.4, -0.2) is 42.0 Å². The minimum absolute atomic E-state index is 0.481. The summed E-state index contributed by atoms with van der Waals surface area (Å²) in [5.41, 5.74) is 2.47. The van der Waals surface area contributed by atoms with E-state index in [1.165, 1.54) is 0 Å². The fraction of sp³-hybridized carbons (Fsp3) is 0.385. The van der Waals surface area contributed by atoms with Crippen molar-refractivity contribution in [3.05, 3.63) is 30.3 Å². The summed E-state index contributed by atoms with van der Waals surface area (Å²) in [6.07, 6.45) is -4.89. The van der Waals surface area contributed by atoms with E-state index in [0.29, 0.717) is 17.5 Å². The summed E-state index contributed by atoms with van der Waals surface area (Å²) in [6, 6.07) is 8.34. The van der Waals surface area contributed by atoms with Gasteiger partial charge in [0.05, 0.1) is 6.54 Å². The number of hydrogen-bond acceptors (Lipinski definition) is 3. The van der Waals surface area contributed by atoms with E-state index in [1.807, 2.05) is 0 Å². The molecular formula is C13H16F3N3O2. The maximum atomic E-state index is 12.7. The largest absolute Gasteiger partial charge is 0.415 e. The minimum Gasteiger partial charge on any atom is -0.335 e. The Morgan fingerprint density at radius 3 is 2.24 bits per heavy atom. The number of hydrogen-bond donors (Lipinski definition) is 2. The van der Waals surface area contributed by atoms with Gasteiger partial charge in [-0.3, -0.25) is 9.59 Å². The smallest absolute Gasteiger partial charge is 0.335 e. The molecule has 5 nitrogen and oxygen atoms in total. The third-order valence-electron chi connectivity index (χ3n) is 2.82. The third kappa shape index (κ3) is 4.19. The monoisotopic (exact) mass is 303 g/mol. The van der Waals surface area contributed by atoms with Crippen molar-refractivity contribution < 1.29 is 22.8 Å². The maximum Gasteiger partial charge on any atom is 0.415 e. The molecule has 3 N–H and O–H groups in total. The molecule has 8 heteroatoms. The van der Waals surface area contributed by atoms with Crippen molar-refractivity contribution in [2.45, 2.75) is 18.6 Å². The Balaban J connectivity index is 2.66. The van der Waals surface area contributed by atoms with E-state index in [9.17, 15) is 22.8 Å². The molecule has 1 aromatic rings. The van der Waals surface area contributed by atoms with Crippen LogP contribution in [0.15, 0.2) is 30.3 Å². The summed E-state index contributed by atoms with van der Waals surface area (Å²) < 4.78 is 38.0. The van der Waals surface area contributed by atoms with Gasteiger partial charge in [-0.1, -0.05) is 18.2 Å². The Morgan fingerprint density at radius 2 is 1.76 bits per heavy atom. The number of alkyl halides is 3. The molecule has 0 radical (unpaired) electrons. The quantitative estimate of drug-likeness (QED) is 0.882. The Hall–Kier alpha value is -2.09. The molecule has 1 atom stereocenters. The van der Waals surface area contributed by atoms with Crippen molar-refractivity contribution in [3.8, 4) is 0 Å². The second-order valence-corrected chi connectivity index (χ2v) is 4.78. The molecule has 0 saturated carbocycles. The van der Waals surface area contributed by atoms with E-state index in [2.05, 4.69) is 5.32 Å². The molecule has 1 rings (SSSR count). The van der Waals surface area contributed by atoms with Gasteiger partial charge in [0.2, 0.25) is 5.91 Å². The highest BCUT2D eigenvalue weighted by Gasteiger charge is 2.55. The normalized spacial score (nSPS) is 14.2. The average molecular weight is 303 g/mol. The predicted octanol–water partition coefficient (Wildman–Crippen LogP) is 1.36. The number of nitrogens with one attached hydrogen (secondary N) is 1. The highest BCUT2D eigenvalue weighted by Crippen LogP contribution is 2.29. The van der Waals surface area contributed by atoms with Crippen LogP contribution in [-0.2, 0) is 9.59 Å². The molecule has 21 heavy (non-hydrogen) atoms. The second-order valence-electron chi connectivity index (χ2n) is 4.78. The summed E-state index contributed by atoms with van der Waals surface area (Å²) in [4.78, 5) is 24.0. The summed E-state index contributed by atoms with van der Waals surface area (Å²) in [6.45, 7) is 0.0392. The Kier molecular flexibility index (Phi) is 4.95. The summed E-state index contributed by atoms with van der Waals surface area (Å²) in [5, 5.41) is 2.46. The molecular weight excluding hydrogens is 287 g/mol. The molecule has 0 aromatic heterocycles. The lowest BCUT2D eigenvalue weighted by atomic mass is 10.0. The molecule has 0 aliphatic rings. The molecule has 0 aliphatic carbocycles. The average Bonchev–Trinajstić information content (AvgIpc) is 2.37. The number of rotatable bonds is 4. The molecule has 0 aliphatic heterocycles. The number of halogens is 3. The topological polar surface area (TPSA) is 75.4 Å². The van der Waals surface area contributed by atoms with E-state index in [4.69, 9.17) is 5.73 Å². The van der Waals surface area contributed by atoms with E-state index >= 15 is 0 Å². The zero-order valence-electron chi connectivity index (χ0n) is 11.6. The van der Waals surface area contributed by atoms with Crippen LogP contribution < -0.4 is 11.1 Å². The Labute approximate surface area is 119 Å². The van der Waals surface area contributed by atoms with Crippen molar-refractivity contribution in [2.24, 2.45) is 5.73 Å². The fourth-order valence-corrected chi connectivity index (χ4v) is 1.53. The van der Waals surface area contributed by atoms with Gasteiger partial charge in [-0.05, 0) is 19.1 Å². The second kappa shape index (κ2) is 6.13. The minimum atomic E-state index is -4.89. The van der Waals surface area contributed by atoms with Gasteiger partial charge in [-0.25, -0.2) is 0 Å². The standard InChI is InChI=1S/C13H16F3N3O2/c1-12(17,13(14,15)16)11(21)19(2)8-10(20)18-9-6-4-3-5-7-9/h3-7H,8,17H2,1-2H3,(H,18,20). The van der Waals surface area contributed by atoms with Crippen molar-refractivity contribution in [2.75, 3.05) is 18.9 Å². The number of nitrogens with two attached hydrogens (primary N) is 1. The molecule has 0 bridgehead atoms. The third-order valence-corrected chi connectivity index (χ3v) is 2.82. The van der Waals surface area contributed by atoms with Gasteiger partial charge in [0.1, 0.15) is 0 Å². The lowest BCUT2D eigenvalue weighted by molar-refractivity contribution is -0.193. The van der Waals surface area contributed by atoms with Crippen molar-refractivity contribution in [1.82, 2.24) is 4.90 Å². The van der Waals surface area contributed by atoms with Gasteiger partial charge in [0.25, 0.3) is 5.91 Å². The molecule has 116 valence electrons. The fourth-order valence-electron chi connectivity index (χ4n) is 1.53. The first-order valence-corrected chi connectivity index (χ1v) is 6.02. The van der Waals surface area contributed by atoms with E-state index in [-0.39, 0.29) is 0 Å². The molecule has 0 saturated heterocycles. The number of para-hydroxylation sites is 1. The van der Waals surface area contributed by atoms with Crippen LogP contribution >= 0.6 is 0 Å². The lowest BCUT2D eigenvalue weighted by Crippen LogP contribution is -2.62. The van der Waals surface area contributed by atoms with Crippen LogP contribution in [0.3, 0.4) is 0 Å². The highest BCUT2D eigenvalue weighted by molar-refractivity contribution is 5.96. The number of carbonyl (C=O) groups excluding carboxylic acids is 2. The first-order valence-electron chi connectivity index (χ1n) is 6.02. The van der Waals surface area contributed by atoms with E-state index < -0.39 is 30.1 Å². The van der Waals surface area contributed by atoms with Gasteiger partial charge in [-0.2, -0.15) is 13.2 Å². The van der Waals surface area contributed by atoms with Gasteiger partial charge in [-0.15, -0.1) is 0 Å². The van der Waals surface area contributed by atoms with E-state index in [0.717, 1.165) is 7.05 Å². The first kappa shape index (κ1) is 17.0. The number of nitrogens with zero attached hydrogens (tertiary/aromatic N) is 1. The summed E-state index contributed by atoms with van der Waals surface area (Å²) in [7, 11) is 1.09. The van der Waals surface area contributed by atoms with Crippen LogP contribution in [0, 0.1) is 0 Å². The van der Waals surface area contributed by atoms with Gasteiger partial charge in [0, 0.05) is 12.7 Å². The van der Waals surface area contributed by atoms with Crippen LogP contribution in [0.25, 0.3) is 0 Å². The van der Waals surface area contributed by atoms with Gasteiger partial charge >= 0.3 is 6.18 Å². The molecule has 1 aromatic carbocycles. The molecule has 0 fully saturated rings.